The maximum Gasteiger partial charge on any atom is 0.340 e. The smallest absolute Gasteiger partial charge is 0.340 e. The molecule has 0 fully saturated rings. The van der Waals surface area contributed by atoms with E-state index in [2.05, 4.69) is 31.0 Å². The number of esters is 1. The van der Waals surface area contributed by atoms with Crippen LogP contribution in [0.2, 0.25) is 5.02 Å². The van der Waals surface area contributed by atoms with Gasteiger partial charge in [0.15, 0.2) is 6.61 Å². The number of hydrogen-bond donors (Lipinski definition) is 1. The van der Waals surface area contributed by atoms with E-state index in [0.717, 1.165) is 22.6 Å². The molecule has 0 aliphatic carbocycles. The Hall–Kier alpha value is -2.62. The van der Waals surface area contributed by atoms with Crippen molar-refractivity contribution in [2.24, 2.45) is 0 Å². The molecule has 0 aliphatic rings. The Morgan fingerprint density at radius 1 is 1.09 bits per heavy atom. The average Bonchev–Trinajstić information content (AvgIpc) is 2.73. The van der Waals surface area contributed by atoms with Crippen LogP contribution in [0.1, 0.15) is 31.1 Å². The van der Waals surface area contributed by atoms with Gasteiger partial charge in [-0.05, 0) is 63.2 Å². The molecule has 32 heavy (non-hydrogen) atoms. The summed E-state index contributed by atoms with van der Waals surface area (Å²) in [5.74, 6) is -1.43. The largest absolute Gasteiger partial charge is 0.452 e. The molecule has 0 unspecified atom stereocenters. The Morgan fingerprint density at radius 3 is 2.25 bits per heavy atom. The molecule has 0 atom stereocenters. The Morgan fingerprint density at radius 2 is 1.72 bits per heavy atom. The van der Waals surface area contributed by atoms with Crippen molar-refractivity contribution in [1.29, 1.82) is 0 Å². The molecule has 174 valence electrons. The molecule has 0 saturated heterocycles. The van der Waals surface area contributed by atoms with Gasteiger partial charge in [0.1, 0.15) is 0 Å². The number of benzene rings is 2. The topological polar surface area (TPSA) is 96.0 Å². The van der Waals surface area contributed by atoms with Crippen LogP contribution in [-0.4, -0.2) is 57.9 Å². The number of hydrogen-bond acceptors (Lipinski definition) is 6. The third kappa shape index (κ3) is 6.21. The van der Waals surface area contributed by atoms with E-state index >= 15 is 0 Å². The number of ether oxygens (including phenoxy) is 1. The first-order valence-electron chi connectivity index (χ1n) is 10.0. The van der Waals surface area contributed by atoms with Gasteiger partial charge in [-0.2, -0.15) is 0 Å². The van der Waals surface area contributed by atoms with E-state index in [4.69, 9.17) is 16.3 Å². The van der Waals surface area contributed by atoms with E-state index in [1.54, 1.807) is 12.1 Å². The number of amides is 1. The zero-order valence-electron chi connectivity index (χ0n) is 18.8. The summed E-state index contributed by atoms with van der Waals surface area (Å²) in [5.41, 5.74) is 1.46. The number of halogens is 1. The van der Waals surface area contributed by atoms with Gasteiger partial charge >= 0.3 is 5.97 Å². The normalized spacial score (nSPS) is 11.5. The van der Waals surface area contributed by atoms with Crippen molar-refractivity contribution in [2.75, 3.05) is 37.5 Å². The van der Waals surface area contributed by atoms with E-state index in [1.807, 2.05) is 12.1 Å². The Labute approximate surface area is 194 Å². The molecular formula is C22H28ClN3O5S. The van der Waals surface area contributed by atoms with Crippen molar-refractivity contribution >= 4 is 44.9 Å². The second-order valence-electron chi connectivity index (χ2n) is 7.48. The predicted molar refractivity (Wildman–Crippen MR) is 126 cm³/mol. The number of nitrogens with one attached hydrogen (secondary N) is 1. The lowest BCUT2D eigenvalue weighted by Crippen LogP contribution is -2.30. The lowest BCUT2D eigenvalue weighted by Gasteiger charge is -2.27. The fourth-order valence-corrected chi connectivity index (χ4v) is 4.14. The van der Waals surface area contributed by atoms with E-state index in [-0.39, 0.29) is 15.5 Å². The second-order valence-corrected chi connectivity index (χ2v) is 10.0. The molecule has 0 aromatic heterocycles. The summed E-state index contributed by atoms with van der Waals surface area (Å²) in [5, 5.41) is 2.68. The highest BCUT2D eigenvalue weighted by molar-refractivity contribution is 7.89. The molecule has 1 N–H and O–H groups in total. The van der Waals surface area contributed by atoms with Crippen LogP contribution < -0.4 is 10.2 Å². The lowest BCUT2D eigenvalue weighted by molar-refractivity contribution is -0.119. The van der Waals surface area contributed by atoms with Crippen LogP contribution in [0.4, 0.5) is 11.4 Å². The molecule has 10 heteroatoms. The van der Waals surface area contributed by atoms with Gasteiger partial charge in [0.2, 0.25) is 10.0 Å². The monoisotopic (exact) mass is 481 g/mol. The van der Waals surface area contributed by atoms with E-state index in [1.165, 1.54) is 26.2 Å². The molecule has 0 spiro atoms. The Balaban J connectivity index is 2.02. The minimum absolute atomic E-state index is 0.0225. The maximum atomic E-state index is 12.4. The predicted octanol–water partition coefficient (Wildman–Crippen LogP) is 3.62. The molecule has 0 aliphatic heterocycles. The van der Waals surface area contributed by atoms with Crippen LogP contribution in [0, 0.1) is 0 Å². The van der Waals surface area contributed by atoms with Gasteiger partial charge in [0.25, 0.3) is 5.91 Å². The Kier molecular flexibility index (Phi) is 8.65. The van der Waals surface area contributed by atoms with E-state index in [0.29, 0.717) is 11.7 Å². The van der Waals surface area contributed by atoms with Gasteiger partial charge in [-0.15, -0.1) is 0 Å². The number of nitrogens with zero attached hydrogens (tertiary/aromatic N) is 2. The number of anilines is 2. The standard InChI is InChI=1S/C22H28ClN3O5S/c1-6-26(15(2)3)17-9-7-16(8-10-17)24-21(27)14-31-22(28)19-13-18(11-12-20(19)23)32(29,30)25(4)5/h7-13,15H,6,14H2,1-5H3,(H,24,27). The summed E-state index contributed by atoms with van der Waals surface area (Å²) >= 11 is 6.03. The molecule has 0 heterocycles. The molecule has 0 bridgehead atoms. The summed E-state index contributed by atoms with van der Waals surface area (Å²) in [4.78, 5) is 26.7. The van der Waals surface area contributed by atoms with Gasteiger partial charge in [-0.1, -0.05) is 11.6 Å². The first kappa shape index (κ1) is 25.6. The number of carbonyl (C=O) groups excluding carboxylic acids is 2. The van der Waals surface area contributed by atoms with Crippen LogP contribution in [0.15, 0.2) is 47.4 Å². The van der Waals surface area contributed by atoms with Gasteiger partial charge < -0.3 is 15.0 Å². The van der Waals surface area contributed by atoms with E-state index in [9.17, 15) is 18.0 Å². The van der Waals surface area contributed by atoms with Gasteiger partial charge in [-0.25, -0.2) is 17.5 Å². The van der Waals surface area contributed by atoms with Crippen LogP contribution >= 0.6 is 11.6 Å². The summed E-state index contributed by atoms with van der Waals surface area (Å²) in [7, 11) is -1.00. The fourth-order valence-electron chi connectivity index (χ4n) is 3.02. The zero-order chi connectivity index (χ0) is 24.1. The minimum Gasteiger partial charge on any atom is -0.452 e. The van der Waals surface area contributed by atoms with Crippen LogP contribution in [0.3, 0.4) is 0 Å². The minimum atomic E-state index is -3.75. The molecule has 1 amide bonds. The van der Waals surface area contributed by atoms with Crippen molar-refractivity contribution in [3.05, 3.63) is 53.1 Å². The van der Waals surface area contributed by atoms with Gasteiger partial charge in [0.05, 0.1) is 15.5 Å². The van der Waals surface area contributed by atoms with Crippen molar-refractivity contribution in [3.63, 3.8) is 0 Å². The third-order valence-electron chi connectivity index (χ3n) is 4.72. The SMILES string of the molecule is CCN(c1ccc(NC(=O)COC(=O)c2cc(S(=O)(=O)N(C)C)ccc2Cl)cc1)C(C)C. The van der Waals surface area contributed by atoms with Gasteiger partial charge in [0, 0.05) is 38.1 Å². The summed E-state index contributed by atoms with van der Waals surface area (Å²) < 4.78 is 30.6. The Bertz CT molecular complexity index is 1070. The first-order valence-corrected chi connectivity index (χ1v) is 11.8. The third-order valence-corrected chi connectivity index (χ3v) is 6.86. The van der Waals surface area contributed by atoms with Crippen molar-refractivity contribution in [1.82, 2.24) is 4.31 Å². The van der Waals surface area contributed by atoms with Crippen LogP contribution in [0.5, 0.6) is 0 Å². The molecule has 2 aromatic rings. The molecular weight excluding hydrogens is 454 g/mol. The highest BCUT2D eigenvalue weighted by atomic mass is 35.5. The number of rotatable bonds is 9. The summed E-state index contributed by atoms with van der Waals surface area (Å²) in [6.45, 7) is 6.59. The van der Waals surface area contributed by atoms with Crippen molar-refractivity contribution in [2.45, 2.75) is 31.7 Å². The van der Waals surface area contributed by atoms with Crippen molar-refractivity contribution in [3.8, 4) is 0 Å². The van der Waals surface area contributed by atoms with E-state index < -0.39 is 28.5 Å². The summed E-state index contributed by atoms with van der Waals surface area (Å²) in [6, 6.07) is 11.4. The maximum absolute atomic E-state index is 12.4. The average molecular weight is 482 g/mol. The quantitative estimate of drug-likeness (QED) is 0.549. The molecule has 2 rings (SSSR count). The number of sulfonamides is 1. The molecule has 8 nitrogen and oxygen atoms in total. The molecule has 2 aromatic carbocycles. The summed E-state index contributed by atoms with van der Waals surface area (Å²) in [6.07, 6.45) is 0. The van der Waals surface area contributed by atoms with Crippen LogP contribution in [-0.2, 0) is 19.6 Å². The van der Waals surface area contributed by atoms with Gasteiger partial charge in [-0.3, -0.25) is 4.79 Å². The lowest BCUT2D eigenvalue weighted by atomic mass is 10.2. The molecule has 0 radical (unpaired) electrons. The van der Waals surface area contributed by atoms with Crippen molar-refractivity contribution < 1.29 is 22.7 Å². The highest BCUT2D eigenvalue weighted by Crippen LogP contribution is 2.23. The molecule has 0 saturated carbocycles. The first-order chi connectivity index (χ1) is 15.0. The zero-order valence-corrected chi connectivity index (χ0v) is 20.3. The second kappa shape index (κ2) is 10.8. The fraction of sp³-hybridized carbons (Fsp3) is 0.364. The highest BCUT2D eigenvalue weighted by Gasteiger charge is 2.22. The number of carbonyl (C=O) groups is 2. The van der Waals surface area contributed by atoms with Crippen LogP contribution in [0.25, 0.3) is 0 Å².